The van der Waals surface area contributed by atoms with E-state index in [4.69, 9.17) is 9.78 Å². The Labute approximate surface area is 143 Å². The van der Waals surface area contributed by atoms with E-state index >= 15 is 0 Å². The zero-order chi connectivity index (χ0) is 16.8. The molecule has 2 aromatic rings. The molecule has 126 valence electrons. The third-order valence-corrected chi connectivity index (χ3v) is 4.98. The zero-order valence-corrected chi connectivity index (χ0v) is 14.2. The average Bonchev–Trinajstić information content (AvgIpc) is 3.12. The first-order valence-electron chi connectivity index (χ1n) is 9.02. The van der Waals surface area contributed by atoms with Crippen molar-refractivity contribution < 1.29 is 4.52 Å². The molecule has 2 heterocycles. The van der Waals surface area contributed by atoms with Gasteiger partial charge in [0.2, 0.25) is 0 Å². The summed E-state index contributed by atoms with van der Waals surface area (Å²) < 4.78 is 5.48. The Hall–Kier alpha value is -2.22. The number of rotatable bonds is 6. The molecule has 0 aromatic carbocycles. The van der Waals surface area contributed by atoms with Crippen LogP contribution in [0.5, 0.6) is 0 Å². The van der Waals surface area contributed by atoms with Crippen LogP contribution in [0.2, 0.25) is 0 Å². The molecular weight excluding hydrogens is 300 g/mol. The molecule has 0 saturated heterocycles. The largest absolute Gasteiger partial charge is 0.334 e. The number of nitriles is 1. The molecule has 0 amide bonds. The number of hydrogen-bond donors (Lipinski definition) is 0. The van der Waals surface area contributed by atoms with Crippen molar-refractivity contribution in [2.75, 3.05) is 0 Å². The van der Waals surface area contributed by atoms with Gasteiger partial charge in [-0.05, 0) is 37.3 Å². The summed E-state index contributed by atoms with van der Waals surface area (Å²) in [6.45, 7) is 2.24. The van der Waals surface area contributed by atoms with Gasteiger partial charge in [-0.1, -0.05) is 44.2 Å². The zero-order valence-electron chi connectivity index (χ0n) is 14.2. The van der Waals surface area contributed by atoms with Crippen molar-refractivity contribution in [3.63, 3.8) is 0 Å². The molecule has 0 N–H and O–H groups in total. The van der Waals surface area contributed by atoms with Crippen LogP contribution < -0.4 is 0 Å². The van der Waals surface area contributed by atoms with Gasteiger partial charge in [0.1, 0.15) is 11.8 Å². The minimum Gasteiger partial charge on any atom is -0.334 e. The molecule has 1 aliphatic rings. The number of hydrogen-bond acceptors (Lipinski definition) is 5. The maximum absolute atomic E-state index is 8.98. The Balaban J connectivity index is 1.76. The maximum Gasteiger partial charge on any atom is 0.258 e. The van der Waals surface area contributed by atoms with Crippen LogP contribution in [0.25, 0.3) is 11.5 Å². The van der Waals surface area contributed by atoms with E-state index in [-0.39, 0.29) is 0 Å². The van der Waals surface area contributed by atoms with Gasteiger partial charge in [-0.25, -0.2) is 4.98 Å². The molecule has 0 aliphatic heterocycles. The molecule has 1 fully saturated rings. The molecule has 1 aliphatic carbocycles. The van der Waals surface area contributed by atoms with Crippen LogP contribution in [0.15, 0.2) is 22.9 Å². The Morgan fingerprint density at radius 2 is 2.17 bits per heavy atom. The van der Waals surface area contributed by atoms with Gasteiger partial charge in [0.05, 0.1) is 0 Å². The first-order chi connectivity index (χ1) is 11.8. The van der Waals surface area contributed by atoms with Crippen LogP contribution in [-0.4, -0.2) is 15.1 Å². The van der Waals surface area contributed by atoms with E-state index in [1.807, 2.05) is 6.07 Å². The van der Waals surface area contributed by atoms with Crippen molar-refractivity contribution in [1.82, 2.24) is 15.1 Å². The van der Waals surface area contributed by atoms with Gasteiger partial charge < -0.3 is 4.52 Å². The topological polar surface area (TPSA) is 75.6 Å². The number of unbranched alkanes of at least 4 members (excludes halogenated alkanes) is 2. The van der Waals surface area contributed by atoms with Crippen LogP contribution >= 0.6 is 0 Å². The molecule has 2 atom stereocenters. The highest BCUT2D eigenvalue weighted by Gasteiger charge is 2.30. The van der Waals surface area contributed by atoms with E-state index in [9.17, 15) is 0 Å². The standard InChI is InChI=1S/C19H24N4O/c1-2-3-4-7-14-8-5-6-9-17(14)18-22-19(24-23-18)15-10-11-21-16(12-15)13-20/h10-12,14,17H,2-9H2,1H3. The molecule has 2 aromatic heterocycles. The van der Waals surface area contributed by atoms with E-state index in [1.54, 1.807) is 18.3 Å². The number of nitrogens with zero attached hydrogens (tertiary/aromatic N) is 4. The molecule has 24 heavy (non-hydrogen) atoms. The summed E-state index contributed by atoms with van der Waals surface area (Å²) in [4.78, 5) is 8.63. The normalized spacial score (nSPS) is 20.7. The predicted octanol–water partition coefficient (Wildman–Crippen LogP) is 4.86. The quantitative estimate of drug-likeness (QED) is 0.709. The highest BCUT2D eigenvalue weighted by molar-refractivity contribution is 5.54. The van der Waals surface area contributed by atoms with Gasteiger partial charge >= 0.3 is 0 Å². The first-order valence-corrected chi connectivity index (χ1v) is 9.02. The SMILES string of the molecule is CCCCCC1CCCCC1c1noc(-c2ccnc(C#N)c2)n1. The van der Waals surface area contributed by atoms with Crippen LogP contribution in [0.3, 0.4) is 0 Å². The summed E-state index contributed by atoms with van der Waals surface area (Å²) in [7, 11) is 0. The van der Waals surface area contributed by atoms with Crippen LogP contribution in [0, 0.1) is 17.2 Å². The summed E-state index contributed by atoms with van der Waals surface area (Å²) in [6.07, 6.45) is 11.7. The maximum atomic E-state index is 8.98. The Kier molecular flexibility index (Phi) is 5.58. The lowest BCUT2D eigenvalue weighted by molar-refractivity contribution is 0.268. The van der Waals surface area contributed by atoms with Crippen molar-refractivity contribution in [2.24, 2.45) is 5.92 Å². The second kappa shape index (κ2) is 8.05. The highest BCUT2D eigenvalue weighted by Crippen LogP contribution is 2.39. The Morgan fingerprint density at radius 3 is 3.00 bits per heavy atom. The van der Waals surface area contributed by atoms with Gasteiger partial charge in [-0.2, -0.15) is 10.2 Å². The van der Waals surface area contributed by atoms with Crippen molar-refractivity contribution in [3.05, 3.63) is 29.8 Å². The van der Waals surface area contributed by atoms with Crippen LogP contribution in [-0.2, 0) is 0 Å². The first kappa shape index (κ1) is 16.6. The summed E-state index contributed by atoms with van der Waals surface area (Å²) >= 11 is 0. The van der Waals surface area contributed by atoms with Crippen molar-refractivity contribution in [1.29, 1.82) is 5.26 Å². The second-order valence-electron chi connectivity index (χ2n) is 6.65. The smallest absolute Gasteiger partial charge is 0.258 e. The minimum atomic E-state index is 0.363. The fourth-order valence-electron chi connectivity index (χ4n) is 3.68. The fourth-order valence-corrected chi connectivity index (χ4v) is 3.68. The molecule has 3 rings (SSSR count). The van der Waals surface area contributed by atoms with E-state index < -0.39 is 0 Å². The summed E-state index contributed by atoms with van der Waals surface area (Å²) in [5.41, 5.74) is 1.13. The molecule has 2 unspecified atom stereocenters. The summed E-state index contributed by atoms with van der Waals surface area (Å²) in [6, 6.07) is 5.54. The average molecular weight is 324 g/mol. The lowest BCUT2D eigenvalue weighted by Gasteiger charge is -2.29. The van der Waals surface area contributed by atoms with E-state index in [0.29, 0.717) is 23.4 Å². The fraction of sp³-hybridized carbons (Fsp3) is 0.579. The highest BCUT2D eigenvalue weighted by atomic mass is 16.5. The lowest BCUT2D eigenvalue weighted by atomic mass is 9.76. The third-order valence-electron chi connectivity index (χ3n) is 4.98. The van der Waals surface area contributed by atoms with Crippen molar-refractivity contribution >= 4 is 0 Å². The second-order valence-corrected chi connectivity index (χ2v) is 6.65. The lowest BCUT2D eigenvalue weighted by Crippen LogP contribution is -2.19. The summed E-state index contributed by atoms with van der Waals surface area (Å²) in [5.74, 6) is 2.40. The predicted molar refractivity (Wildman–Crippen MR) is 91.1 cm³/mol. The van der Waals surface area contributed by atoms with Crippen molar-refractivity contribution in [3.8, 4) is 17.5 Å². The van der Waals surface area contributed by atoms with Gasteiger partial charge in [-0.3, -0.25) is 0 Å². The number of aromatic nitrogens is 3. The van der Waals surface area contributed by atoms with E-state index in [0.717, 1.165) is 17.8 Å². The number of pyridine rings is 1. The molecule has 5 heteroatoms. The molecular formula is C19H24N4O. The molecule has 0 radical (unpaired) electrons. The Morgan fingerprint density at radius 1 is 1.29 bits per heavy atom. The van der Waals surface area contributed by atoms with E-state index in [2.05, 4.69) is 22.0 Å². The van der Waals surface area contributed by atoms with Gasteiger partial charge in [0.25, 0.3) is 5.89 Å². The van der Waals surface area contributed by atoms with Crippen LogP contribution in [0.4, 0.5) is 0 Å². The third kappa shape index (κ3) is 3.81. The van der Waals surface area contributed by atoms with Crippen LogP contribution in [0.1, 0.15) is 75.7 Å². The van der Waals surface area contributed by atoms with E-state index in [1.165, 1.54) is 44.9 Å². The van der Waals surface area contributed by atoms with Gasteiger partial charge in [0.15, 0.2) is 5.82 Å². The molecule has 0 bridgehead atoms. The summed E-state index contributed by atoms with van der Waals surface area (Å²) in [5, 5.41) is 13.2. The van der Waals surface area contributed by atoms with Gasteiger partial charge in [-0.15, -0.1) is 0 Å². The molecule has 0 spiro atoms. The monoisotopic (exact) mass is 324 g/mol. The molecule has 1 saturated carbocycles. The minimum absolute atomic E-state index is 0.363. The Bertz CT molecular complexity index is 703. The van der Waals surface area contributed by atoms with Crippen molar-refractivity contribution in [2.45, 2.75) is 64.2 Å². The molecule has 5 nitrogen and oxygen atoms in total. The van der Waals surface area contributed by atoms with Gasteiger partial charge in [0, 0.05) is 17.7 Å².